The average Bonchev–Trinajstić information content (AvgIpc) is 2.71. The summed E-state index contributed by atoms with van der Waals surface area (Å²) in [6.45, 7) is 0.331. The zero-order chi connectivity index (χ0) is 22.5. The number of nitrogens with zero attached hydrogens (tertiary/aromatic N) is 1. The molecule has 0 atom stereocenters. The van der Waals surface area contributed by atoms with Crippen LogP contribution in [0, 0.1) is 5.82 Å². The zero-order valence-electron chi connectivity index (χ0n) is 16.9. The van der Waals surface area contributed by atoms with Crippen LogP contribution in [-0.4, -0.2) is 29.3 Å². The van der Waals surface area contributed by atoms with E-state index in [0.717, 1.165) is 22.9 Å². The van der Waals surface area contributed by atoms with Gasteiger partial charge in [0.1, 0.15) is 17.7 Å². The fourth-order valence-electron chi connectivity index (χ4n) is 3.77. The highest BCUT2D eigenvalue weighted by Crippen LogP contribution is 2.48. The fourth-order valence-corrected chi connectivity index (χ4v) is 3.77. The zero-order valence-corrected chi connectivity index (χ0v) is 17.7. The summed E-state index contributed by atoms with van der Waals surface area (Å²) in [5, 5.41) is 4.93. The summed E-state index contributed by atoms with van der Waals surface area (Å²) in [5.41, 5.74) is 0.554. The van der Waals surface area contributed by atoms with E-state index in [1.807, 2.05) is 0 Å². The molecule has 1 aliphatic heterocycles. The first-order chi connectivity index (χ1) is 15.2. The van der Waals surface area contributed by atoms with Crippen molar-refractivity contribution in [2.24, 2.45) is 0 Å². The van der Waals surface area contributed by atoms with Crippen LogP contribution >= 0.6 is 12.4 Å². The highest BCUT2D eigenvalue weighted by atomic mass is 35.5. The van der Waals surface area contributed by atoms with E-state index in [4.69, 9.17) is 4.74 Å². The Morgan fingerprint density at radius 2 is 1.73 bits per heavy atom. The second-order valence-corrected chi connectivity index (χ2v) is 7.76. The van der Waals surface area contributed by atoms with E-state index in [9.17, 15) is 22.0 Å². The molecule has 0 unspecified atom stereocenters. The maximum atomic E-state index is 14.3. The van der Waals surface area contributed by atoms with Gasteiger partial charge in [-0.25, -0.2) is 4.39 Å². The molecule has 5 rings (SSSR count). The van der Waals surface area contributed by atoms with E-state index in [-0.39, 0.29) is 36.1 Å². The van der Waals surface area contributed by atoms with Crippen molar-refractivity contribution in [2.45, 2.75) is 43.7 Å². The first-order valence-electron chi connectivity index (χ1n) is 9.91. The molecule has 1 aromatic heterocycles. The molecule has 2 aliphatic rings. The third-order valence-electron chi connectivity index (χ3n) is 5.57. The monoisotopic (exact) mass is 488 g/mol. The van der Waals surface area contributed by atoms with Gasteiger partial charge in [0.25, 0.3) is 0 Å². The lowest BCUT2D eigenvalue weighted by atomic mass is 9.89. The molecule has 11 heteroatoms. The SMILES string of the molecule is Cl.Fc1ccc2cnccc2c1CNC1CC(Oc2ccc3c(c2)OC(F)(F)C(F)(F)O3)C1. The quantitative estimate of drug-likeness (QED) is 0.484. The lowest BCUT2D eigenvalue weighted by Gasteiger charge is -2.36. The number of nitrogens with one attached hydrogen (secondary N) is 1. The Labute approximate surface area is 191 Å². The van der Waals surface area contributed by atoms with E-state index in [1.165, 1.54) is 12.1 Å². The van der Waals surface area contributed by atoms with Crippen molar-refractivity contribution >= 4 is 23.2 Å². The molecule has 3 aromatic rings. The number of pyridine rings is 1. The molecule has 1 N–H and O–H groups in total. The molecule has 1 fully saturated rings. The van der Waals surface area contributed by atoms with Gasteiger partial charge >= 0.3 is 12.2 Å². The topological polar surface area (TPSA) is 52.6 Å². The van der Waals surface area contributed by atoms with Crippen molar-refractivity contribution in [3.8, 4) is 17.2 Å². The predicted molar refractivity (Wildman–Crippen MR) is 111 cm³/mol. The van der Waals surface area contributed by atoms with Crippen molar-refractivity contribution in [3.05, 3.63) is 60.2 Å². The van der Waals surface area contributed by atoms with Crippen LogP contribution in [0.3, 0.4) is 0 Å². The molecular formula is C22H18ClF5N2O3. The number of alkyl halides is 4. The summed E-state index contributed by atoms with van der Waals surface area (Å²) in [4.78, 5) is 4.04. The number of hydrogen-bond acceptors (Lipinski definition) is 5. The first-order valence-corrected chi connectivity index (χ1v) is 9.91. The maximum absolute atomic E-state index is 14.3. The molecule has 0 spiro atoms. The molecule has 1 saturated carbocycles. The van der Waals surface area contributed by atoms with Gasteiger partial charge in [-0.05, 0) is 48.6 Å². The Hall–Kier alpha value is -2.85. The largest absolute Gasteiger partial charge is 0.507 e. The lowest BCUT2D eigenvalue weighted by Crippen LogP contribution is -2.52. The third-order valence-corrected chi connectivity index (χ3v) is 5.57. The van der Waals surface area contributed by atoms with Crippen molar-refractivity contribution in [1.29, 1.82) is 0 Å². The van der Waals surface area contributed by atoms with Gasteiger partial charge < -0.3 is 19.5 Å². The van der Waals surface area contributed by atoms with Crippen LogP contribution < -0.4 is 19.5 Å². The number of aromatic nitrogens is 1. The minimum Gasteiger partial charge on any atom is -0.490 e. The number of benzene rings is 2. The van der Waals surface area contributed by atoms with Crippen LogP contribution in [0.15, 0.2) is 48.8 Å². The predicted octanol–water partition coefficient (Wildman–Crippen LogP) is 5.45. The van der Waals surface area contributed by atoms with Gasteiger partial charge in [-0.2, -0.15) is 17.6 Å². The minimum atomic E-state index is -4.78. The number of halogens is 6. The number of fused-ring (bicyclic) bond motifs is 2. The van der Waals surface area contributed by atoms with E-state index < -0.39 is 23.7 Å². The molecular weight excluding hydrogens is 471 g/mol. The van der Waals surface area contributed by atoms with Gasteiger partial charge in [0.2, 0.25) is 0 Å². The normalized spacial score (nSPS) is 22.2. The van der Waals surface area contributed by atoms with Crippen LogP contribution in [0.5, 0.6) is 17.2 Å². The molecule has 176 valence electrons. The summed E-state index contributed by atoms with van der Waals surface area (Å²) in [6.07, 6.45) is -5.24. The lowest BCUT2D eigenvalue weighted by molar-refractivity contribution is -0.391. The van der Waals surface area contributed by atoms with Crippen molar-refractivity contribution in [3.63, 3.8) is 0 Å². The summed E-state index contributed by atoms with van der Waals surface area (Å²) < 4.78 is 81.4. The molecule has 2 aromatic carbocycles. The van der Waals surface area contributed by atoms with Crippen LogP contribution in [0.4, 0.5) is 22.0 Å². The van der Waals surface area contributed by atoms with Crippen molar-refractivity contribution < 1.29 is 36.2 Å². The van der Waals surface area contributed by atoms with E-state index in [1.54, 1.807) is 24.5 Å². The van der Waals surface area contributed by atoms with E-state index in [2.05, 4.69) is 19.8 Å². The van der Waals surface area contributed by atoms with Crippen LogP contribution in [-0.2, 0) is 6.54 Å². The van der Waals surface area contributed by atoms with Gasteiger partial charge in [-0.15, -0.1) is 12.4 Å². The second-order valence-electron chi connectivity index (χ2n) is 7.76. The van der Waals surface area contributed by atoms with Gasteiger partial charge in [-0.1, -0.05) is 0 Å². The summed E-state index contributed by atoms with van der Waals surface area (Å²) in [5.74, 6) is -1.12. The summed E-state index contributed by atoms with van der Waals surface area (Å²) >= 11 is 0. The van der Waals surface area contributed by atoms with Crippen molar-refractivity contribution in [1.82, 2.24) is 10.3 Å². The summed E-state index contributed by atoms with van der Waals surface area (Å²) in [6, 6.07) is 8.48. The Kier molecular flexibility index (Phi) is 6.00. The van der Waals surface area contributed by atoms with E-state index >= 15 is 0 Å². The maximum Gasteiger partial charge on any atom is 0.507 e. The van der Waals surface area contributed by atoms with Gasteiger partial charge in [0.15, 0.2) is 11.5 Å². The smallest absolute Gasteiger partial charge is 0.490 e. The molecule has 0 saturated heterocycles. The third kappa shape index (κ3) is 4.37. The Morgan fingerprint density at radius 3 is 2.48 bits per heavy atom. The molecule has 5 nitrogen and oxygen atoms in total. The standard InChI is InChI=1S/C22H17F5N2O3.ClH/c23-18-3-1-12-10-28-6-5-16(12)17(18)11-29-13-7-15(8-13)30-14-2-4-19-20(9-14)32-22(26,27)21(24,25)31-19;/h1-6,9-10,13,15,29H,7-8,11H2;1H. The summed E-state index contributed by atoms with van der Waals surface area (Å²) in [7, 11) is 0. The van der Waals surface area contributed by atoms with Gasteiger partial charge in [-0.3, -0.25) is 4.98 Å². The van der Waals surface area contributed by atoms with Gasteiger partial charge in [0, 0.05) is 42.0 Å². The van der Waals surface area contributed by atoms with Crippen molar-refractivity contribution in [2.75, 3.05) is 0 Å². The molecule has 0 radical (unpaired) electrons. The number of hydrogen-bond donors (Lipinski definition) is 1. The molecule has 2 heterocycles. The minimum absolute atomic E-state index is 0. The molecule has 33 heavy (non-hydrogen) atoms. The fraction of sp³-hybridized carbons (Fsp3) is 0.318. The Bertz CT molecular complexity index is 1170. The highest BCUT2D eigenvalue weighted by Gasteiger charge is 2.66. The van der Waals surface area contributed by atoms with Crippen LogP contribution in [0.1, 0.15) is 18.4 Å². The Balaban J connectivity index is 0.00000259. The number of rotatable bonds is 5. The van der Waals surface area contributed by atoms with Crippen LogP contribution in [0.2, 0.25) is 0 Å². The van der Waals surface area contributed by atoms with E-state index in [0.29, 0.717) is 24.9 Å². The highest BCUT2D eigenvalue weighted by molar-refractivity contribution is 5.85. The second kappa shape index (κ2) is 8.49. The Morgan fingerprint density at radius 1 is 1.00 bits per heavy atom. The number of ether oxygens (including phenoxy) is 3. The van der Waals surface area contributed by atoms with Crippen LogP contribution in [0.25, 0.3) is 10.8 Å². The average molecular weight is 489 g/mol. The van der Waals surface area contributed by atoms with Gasteiger partial charge in [0.05, 0.1) is 0 Å². The molecule has 0 bridgehead atoms. The molecule has 0 amide bonds. The molecule has 1 aliphatic carbocycles. The first kappa shape index (κ1) is 23.3.